The summed E-state index contributed by atoms with van der Waals surface area (Å²) in [6.45, 7) is 6.53. The van der Waals surface area contributed by atoms with Crippen LogP contribution in [0, 0.1) is 20.8 Å². The lowest BCUT2D eigenvalue weighted by Crippen LogP contribution is -2.32. The maximum Gasteiger partial charge on any atom is 0.226 e. The molecule has 2 aromatic carbocycles. The molecule has 0 spiro atoms. The number of nitrogens with one attached hydrogen (secondary N) is 2. The minimum absolute atomic E-state index is 0.0728. The lowest BCUT2D eigenvalue weighted by Gasteiger charge is -2.28. The van der Waals surface area contributed by atoms with Crippen molar-refractivity contribution in [2.75, 3.05) is 11.9 Å². The van der Waals surface area contributed by atoms with Crippen LogP contribution in [0.4, 0.5) is 5.69 Å². The lowest BCUT2D eigenvalue weighted by atomic mass is 9.96. The first-order chi connectivity index (χ1) is 18.3. The summed E-state index contributed by atoms with van der Waals surface area (Å²) in [6.07, 6.45) is 2.05. The van der Waals surface area contributed by atoms with E-state index < -0.39 is 0 Å². The van der Waals surface area contributed by atoms with E-state index in [2.05, 4.69) is 31.2 Å². The van der Waals surface area contributed by atoms with Gasteiger partial charge in [0.2, 0.25) is 5.91 Å². The number of carbonyl (C=O) groups excluding carboxylic acids is 1. The molecule has 0 radical (unpaired) electrons. The van der Waals surface area contributed by atoms with Gasteiger partial charge >= 0.3 is 0 Å². The van der Waals surface area contributed by atoms with Crippen LogP contribution in [0.25, 0.3) is 5.69 Å². The Morgan fingerprint density at radius 3 is 2.50 bits per heavy atom. The highest BCUT2D eigenvalue weighted by Crippen LogP contribution is 2.42. The molecule has 1 aliphatic heterocycles. The third kappa shape index (κ3) is 4.99. The predicted molar refractivity (Wildman–Crippen MR) is 153 cm³/mol. The molecule has 3 N–H and O–H groups in total. The van der Waals surface area contributed by atoms with Gasteiger partial charge in [0.25, 0.3) is 0 Å². The Balaban J connectivity index is 1.47. The summed E-state index contributed by atoms with van der Waals surface area (Å²) in [5, 5.41) is 17.6. The van der Waals surface area contributed by atoms with Crippen molar-refractivity contribution < 1.29 is 9.90 Å². The molecule has 194 valence electrons. The molecule has 2 aromatic heterocycles. The van der Waals surface area contributed by atoms with Gasteiger partial charge in [-0.15, -0.1) is 0 Å². The lowest BCUT2D eigenvalue weighted by molar-refractivity contribution is -0.116. The molecule has 0 bridgehead atoms. The minimum Gasteiger partial charge on any atom is -0.506 e. The Kier molecular flexibility index (Phi) is 7.15. The van der Waals surface area contributed by atoms with Crippen LogP contribution < -0.4 is 10.6 Å². The standard InChI is InChI=1S/C30H31N5O2S/c1-19-11-13-22(14-12-19)32-27(37)15-17-34-29(28(33-30(34)38)24-8-6-7-16-31-24)23-18-20(2)35(21(23)3)25-9-4-5-10-26(25)36/h4-14,16,18,28-29,36H,15,17H2,1-3H3,(H,32,37)(H,33,38)/t28-,29+/m1/s1. The fourth-order valence-electron chi connectivity index (χ4n) is 5.18. The molecule has 1 aliphatic rings. The van der Waals surface area contributed by atoms with E-state index in [9.17, 15) is 9.90 Å². The topological polar surface area (TPSA) is 82.4 Å². The molecule has 0 saturated carbocycles. The molecule has 0 unspecified atom stereocenters. The van der Waals surface area contributed by atoms with Gasteiger partial charge in [-0.05, 0) is 81.0 Å². The third-order valence-corrected chi connectivity index (χ3v) is 7.38. The Labute approximate surface area is 228 Å². The van der Waals surface area contributed by atoms with Crippen molar-refractivity contribution in [1.29, 1.82) is 0 Å². The number of hydrogen-bond donors (Lipinski definition) is 3. The number of phenols is 1. The maximum atomic E-state index is 12.9. The zero-order valence-corrected chi connectivity index (χ0v) is 22.5. The van der Waals surface area contributed by atoms with Gasteiger partial charge in [0, 0.05) is 36.2 Å². The van der Waals surface area contributed by atoms with Crippen molar-refractivity contribution in [3.05, 3.63) is 107 Å². The van der Waals surface area contributed by atoms with Crippen molar-refractivity contribution in [2.24, 2.45) is 0 Å². The summed E-state index contributed by atoms with van der Waals surface area (Å²) in [4.78, 5) is 19.6. The summed E-state index contributed by atoms with van der Waals surface area (Å²) in [6, 6.07) is 22.7. The Morgan fingerprint density at radius 2 is 1.79 bits per heavy atom. The quantitative estimate of drug-likeness (QED) is 0.276. The number of aryl methyl sites for hydroxylation is 2. The zero-order valence-electron chi connectivity index (χ0n) is 21.7. The average molecular weight is 526 g/mol. The predicted octanol–water partition coefficient (Wildman–Crippen LogP) is 5.50. The molecular formula is C30H31N5O2S. The molecular weight excluding hydrogens is 494 g/mol. The van der Waals surface area contributed by atoms with Gasteiger partial charge in [-0.2, -0.15) is 0 Å². The number of carbonyl (C=O) groups is 1. The van der Waals surface area contributed by atoms with E-state index in [1.54, 1.807) is 12.3 Å². The van der Waals surface area contributed by atoms with Crippen LogP contribution in [0.1, 0.15) is 46.7 Å². The van der Waals surface area contributed by atoms with E-state index >= 15 is 0 Å². The summed E-state index contributed by atoms with van der Waals surface area (Å²) in [5.41, 5.74) is 6.56. The number of aromatic hydroxyl groups is 1. The summed E-state index contributed by atoms with van der Waals surface area (Å²) in [5.74, 6) is 0.142. The van der Waals surface area contributed by atoms with Crippen LogP contribution in [-0.4, -0.2) is 37.1 Å². The van der Waals surface area contributed by atoms with E-state index in [-0.39, 0.29) is 30.2 Å². The summed E-state index contributed by atoms with van der Waals surface area (Å²) >= 11 is 5.80. The molecule has 0 aliphatic carbocycles. The van der Waals surface area contributed by atoms with Crippen LogP contribution >= 0.6 is 12.2 Å². The van der Waals surface area contributed by atoms with Crippen LogP contribution in [0.2, 0.25) is 0 Å². The number of pyridine rings is 1. The van der Waals surface area contributed by atoms with Gasteiger partial charge in [0.05, 0.1) is 23.5 Å². The van der Waals surface area contributed by atoms with Gasteiger partial charge in [0.1, 0.15) is 5.75 Å². The number of thiocarbonyl (C=S) groups is 1. The minimum atomic E-state index is -0.192. The first kappa shape index (κ1) is 25.5. The van der Waals surface area contributed by atoms with Gasteiger partial charge in [-0.1, -0.05) is 35.9 Å². The first-order valence-corrected chi connectivity index (χ1v) is 13.1. The third-order valence-electron chi connectivity index (χ3n) is 7.02. The molecule has 7 nitrogen and oxygen atoms in total. The zero-order chi connectivity index (χ0) is 26.8. The van der Waals surface area contributed by atoms with E-state index in [1.807, 2.05) is 81.4 Å². The number of amides is 1. The van der Waals surface area contributed by atoms with Crippen LogP contribution in [0.3, 0.4) is 0 Å². The molecule has 1 fully saturated rings. The number of hydrogen-bond acceptors (Lipinski definition) is 4. The largest absolute Gasteiger partial charge is 0.506 e. The Bertz CT molecular complexity index is 1470. The van der Waals surface area contributed by atoms with Crippen molar-refractivity contribution >= 4 is 28.9 Å². The molecule has 1 amide bonds. The van der Waals surface area contributed by atoms with E-state index in [0.29, 0.717) is 11.7 Å². The number of rotatable bonds is 7. The van der Waals surface area contributed by atoms with Crippen molar-refractivity contribution in [1.82, 2.24) is 19.8 Å². The summed E-state index contributed by atoms with van der Waals surface area (Å²) < 4.78 is 2.06. The van der Waals surface area contributed by atoms with E-state index in [0.717, 1.165) is 39.6 Å². The van der Waals surface area contributed by atoms with Crippen molar-refractivity contribution in [3.8, 4) is 11.4 Å². The monoisotopic (exact) mass is 525 g/mol. The number of phenolic OH excluding ortho intramolecular Hbond substituents is 1. The Morgan fingerprint density at radius 1 is 1.05 bits per heavy atom. The average Bonchev–Trinajstić information content (AvgIpc) is 3.39. The van der Waals surface area contributed by atoms with Crippen LogP contribution in [-0.2, 0) is 4.79 Å². The first-order valence-electron chi connectivity index (χ1n) is 12.7. The van der Waals surface area contributed by atoms with Gasteiger partial charge < -0.3 is 25.2 Å². The number of para-hydroxylation sites is 2. The Hall–Kier alpha value is -4.17. The fraction of sp³-hybridized carbons (Fsp3) is 0.233. The SMILES string of the molecule is Cc1ccc(NC(=O)CCN2C(=S)N[C@H](c3ccccn3)[C@@H]2c2cc(C)n(-c3ccccc3O)c2C)cc1. The van der Waals surface area contributed by atoms with E-state index in [1.165, 1.54) is 0 Å². The molecule has 2 atom stereocenters. The number of benzene rings is 2. The van der Waals surface area contributed by atoms with Crippen molar-refractivity contribution in [3.63, 3.8) is 0 Å². The highest BCUT2D eigenvalue weighted by Gasteiger charge is 2.41. The van der Waals surface area contributed by atoms with Crippen molar-refractivity contribution in [2.45, 2.75) is 39.3 Å². The maximum absolute atomic E-state index is 12.9. The summed E-state index contributed by atoms with van der Waals surface area (Å²) in [7, 11) is 0. The van der Waals surface area contributed by atoms with Gasteiger partial charge in [-0.25, -0.2) is 0 Å². The number of anilines is 1. The number of nitrogens with zero attached hydrogens (tertiary/aromatic N) is 3. The second-order valence-electron chi connectivity index (χ2n) is 9.63. The van der Waals surface area contributed by atoms with Gasteiger partial charge in [0.15, 0.2) is 5.11 Å². The fourth-order valence-corrected chi connectivity index (χ4v) is 5.51. The molecule has 8 heteroatoms. The van der Waals surface area contributed by atoms with Crippen LogP contribution in [0.15, 0.2) is 79.0 Å². The number of aromatic nitrogens is 2. The highest BCUT2D eigenvalue weighted by atomic mass is 32.1. The molecule has 1 saturated heterocycles. The van der Waals surface area contributed by atoms with Gasteiger partial charge in [-0.3, -0.25) is 9.78 Å². The smallest absolute Gasteiger partial charge is 0.226 e. The van der Waals surface area contributed by atoms with Crippen LogP contribution in [0.5, 0.6) is 5.75 Å². The molecule has 4 aromatic rings. The van der Waals surface area contributed by atoms with E-state index in [4.69, 9.17) is 12.2 Å². The highest BCUT2D eigenvalue weighted by molar-refractivity contribution is 7.80. The second-order valence-corrected chi connectivity index (χ2v) is 10.0. The normalized spacial score (nSPS) is 16.9. The molecule has 3 heterocycles. The molecule has 5 rings (SSSR count). The second kappa shape index (κ2) is 10.7. The molecule has 38 heavy (non-hydrogen) atoms.